The minimum atomic E-state index is -0.506. The van der Waals surface area contributed by atoms with Gasteiger partial charge in [0.1, 0.15) is 11.5 Å². The number of carbonyl (C=O) groups is 1. The minimum Gasteiger partial charge on any atom is -0.497 e. The first-order valence-electron chi connectivity index (χ1n) is 9.58. The number of nitro groups is 1. The number of allylic oxidation sites excluding steroid dienone is 2. The minimum absolute atomic E-state index is 0.0585. The summed E-state index contributed by atoms with van der Waals surface area (Å²) in [6, 6.07) is 23.1. The number of carbonyl (C=O) groups excluding carboxylic acids is 1. The number of nitro benzene ring substituents is 1. The van der Waals surface area contributed by atoms with Gasteiger partial charge >= 0.3 is 5.97 Å². The summed E-state index contributed by atoms with van der Waals surface area (Å²) >= 11 is 0. The summed E-state index contributed by atoms with van der Waals surface area (Å²) in [6.07, 6.45) is 5.53. The number of benzene rings is 3. The highest BCUT2D eigenvalue weighted by Crippen LogP contribution is 2.25. The maximum absolute atomic E-state index is 12.0. The highest BCUT2D eigenvalue weighted by atomic mass is 16.6. The van der Waals surface area contributed by atoms with E-state index < -0.39 is 10.9 Å². The van der Waals surface area contributed by atoms with Crippen molar-refractivity contribution in [3.05, 3.63) is 118 Å². The van der Waals surface area contributed by atoms with E-state index in [2.05, 4.69) is 0 Å². The standard InChI is InChI=1S/C25H21NO5/c1-30-22-15-11-20(12-16-22)24(19-7-3-2-4-8-19)9-5-6-10-25(27)31-23-17-13-21(14-18-23)26(28)29/h2-9,11-18H,10H2,1H3/b6-5+,24-9+. The average molecular weight is 415 g/mol. The van der Waals surface area contributed by atoms with Crippen molar-refractivity contribution >= 4 is 17.2 Å². The van der Waals surface area contributed by atoms with Gasteiger partial charge in [0.15, 0.2) is 0 Å². The Hall–Kier alpha value is -4.19. The molecule has 156 valence electrons. The van der Waals surface area contributed by atoms with Crippen LogP contribution in [0.15, 0.2) is 97.1 Å². The summed E-state index contributed by atoms with van der Waals surface area (Å²) in [7, 11) is 1.63. The average Bonchev–Trinajstić information content (AvgIpc) is 2.80. The highest BCUT2D eigenvalue weighted by Gasteiger charge is 2.07. The fourth-order valence-corrected chi connectivity index (χ4v) is 2.88. The summed E-state index contributed by atoms with van der Waals surface area (Å²) < 4.78 is 10.4. The van der Waals surface area contributed by atoms with E-state index in [1.807, 2.05) is 66.7 Å². The molecule has 3 aromatic carbocycles. The van der Waals surface area contributed by atoms with Crippen molar-refractivity contribution in [2.75, 3.05) is 7.11 Å². The third-order valence-electron chi connectivity index (χ3n) is 4.45. The smallest absolute Gasteiger partial charge is 0.315 e. The predicted octanol–water partition coefficient (Wildman–Crippen LogP) is 5.59. The molecular weight excluding hydrogens is 394 g/mol. The van der Waals surface area contributed by atoms with E-state index in [1.54, 1.807) is 13.2 Å². The lowest BCUT2D eigenvalue weighted by molar-refractivity contribution is -0.384. The fraction of sp³-hybridized carbons (Fsp3) is 0.0800. The van der Waals surface area contributed by atoms with Gasteiger partial charge in [-0.05, 0) is 41.0 Å². The Morgan fingerprint density at radius 2 is 1.52 bits per heavy atom. The first kappa shape index (κ1) is 21.5. The number of esters is 1. The summed E-state index contributed by atoms with van der Waals surface area (Å²) in [5, 5.41) is 10.7. The number of hydrogen-bond acceptors (Lipinski definition) is 5. The normalized spacial score (nSPS) is 11.3. The van der Waals surface area contributed by atoms with E-state index in [-0.39, 0.29) is 17.9 Å². The second kappa shape index (κ2) is 10.5. The molecule has 6 nitrogen and oxygen atoms in total. The molecule has 0 N–H and O–H groups in total. The molecule has 6 heteroatoms. The Balaban J connectivity index is 1.69. The third-order valence-corrected chi connectivity index (χ3v) is 4.45. The molecule has 0 fully saturated rings. The second-order valence-electron chi connectivity index (χ2n) is 6.53. The molecule has 0 heterocycles. The van der Waals surface area contributed by atoms with Crippen LogP contribution in [-0.4, -0.2) is 18.0 Å². The zero-order valence-electron chi connectivity index (χ0n) is 16.9. The van der Waals surface area contributed by atoms with Gasteiger partial charge in [-0.2, -0.15) is 0 Å². The monoisotopic (exact) mass is 415 g/mol. The van der Waals surface area contributed by atoms with Crippen LogP contribution in [0.4, 0.5) is 5.69 Å². The third kappa shape index (κ3) is 6.14. The van der Waals surface area contributed by atoms with Crippen LogP contribution in [0, 0.1) is 10.1 Å². The molecule has 0 bridgehead atoms. The van der Waals surface area contributed by atoms with Crippen LogP contribution >= 0.6 is 0 Å². The Bertz CT molecular complexity index is 1090. The molecule has 3 aromatic rings. The Morgan fingerprint density at radius 1 is 0.903 bits per heavy atom. The van der Waals surface area contributed by atoms with Gasteiger partial charge in [-0.1, -0.05) is 60.7 Å². The number of ether oxygens (including phenoxy) is 2. The van der Waals surface area contributed by atoms with Gasteiger partial charge in [-0.3, -0.25) is 14.9 Å². The fourth-order valence-electron chi connectivity index (χ4n) is 2.88. The lowest BCUT2D eigenvalue weighted by atomic mass is 9.97. The summed E-state index contributed by atoms with van der Waals surface area (Å²) in [6.45, 7) is 0. The molecule has 0 aliphatic rings. The van der Waals surface area contributed by atoms with Gasteiger partial charge in [0.25, 0.3) is 5.69 Å². The van der Waals surface area contributed by atoms with Crippen molar-refractivity contribution in [1.29, 1.82) is 0 Å². The van der Waals surface area contributed by atoms with Crippen LogP contribution < -0.4 is 9.47 Å². The first-order valence-corrected chi connectivity index (χ1v) is 9.58. The molecule has 0 spiro atoms. The molecule has 0 aliphatic carbocycles. The molecule has 0 unspecified atom stereocenters. The zero-order valence-corrected chi connectivity index (χ0v) is 16.9. The van der Waals surface area contributed by atoms with Crippen LogP contribution in [0.1, 0.15) is 17.5 Å². The van der Waals surface area contributed by atoms with Crippen molar-refractivity contribution < 1.29 is 19.2 Å². The lowest BCUT2D eigenvalue weighted by Gasteiger charge is -2.09. The number of rotatable bonds is 8. The van der Waals surface area contributed by atoms with Crippen LogP contribution in [0.2, 0.25) is 0 Å². The second-order valence-corrected chi connectivity index (χ2v) is 6.53. The topological polar surface area (TPSA) is 78.7 Å². The van der Waals surface area contributed by atoms with Crippen molar-refractivity contribution in [3.8, 4) is 11.5 Å². The SMILES string of the molecule is COc1ccc(/C(=C/C=C/CC(=O)Oc2ccc([N+](=O)[O-])cc2)c2ccccc2)cc1. The molecule has 0 radical (unpaired) electrons. The van der Waals surface area contributed by atoms with Crippen LogP contribution in [0.25, 0.3) is 5.57 Å². The molecule has 0 saturated heterocycles. The van der Waals surface area contributed by atoms with Gasteiger partial charge in [-0.25, -0.2) is 0 Å². The highest BCUT2D eigenvalue weighted by molar-refractivity contribution is 5.81. The van der Waals surface area contributed by atoms with E-state index in [0.717, 1.165) is 22.4 Å². The Morgan fingerprint density at radius 3 is 2.13 bits per heavy atom. The van der Waals surface area contributed by atoms with Crippen molar-refractivity contribution in [1.82, 2.24) is 0 Å². The van der Waals surface area contributed by atoms with Crippen LogP contribution in [-0.2, 0) is 4.79 Å². The largest absolute Gasteiger partial charge is 0.497 e. The molecule has 31 heavy (non-hydrogen) atoms. The number of methoxy groups -OCH3 is 1. The maximum atomic E-state index is 12.0. The quantitative estimate of drug-likeness (QED) is 0.158. The van der Waals surface area contributed by atoms with Gasteiger partial charge in [-0.15, -0.1) is 0 Å². The molecule has 0 atom stereocenters. The first-order chi connectivity index (χ1) is 15.1. The zero-order chi connectivity index (χ0) is 22.1. The Kier molecular flexibility index (Phi) is 7.32. The Labute approximate surface area is 180 Å². The summed E-state index contributed by atoms with van der Waals surface area (Å²) in [4.78, 5) is 22.2. The predicted molar refractivity (Wildman–Crippen MR) is 119 cm³/mol. The molecule has 0 amide bonds. The van der Waals surface area contributed by atoms with E-state index >= 15 is 0 Å². The molecule has 0 saturated carbocycles. The van der Waals surface area contributed by atoms with E-state index in [4.69, 9.17) is 9.47 Å². The lowest BCUT2D eigenvalue weighted by Crippen LogP contribution is -2.06. The van der Waals surface area contributed by atoms with Gasteiger partial charge in [0.05, 0.1) is 18.5 Å². The molecule has 0 aliphatic heterocycles. The number of non-ortho nitro benzene ring substituents is 1. The van der Waals surface area contributed by atoms with Gasteiger partial charge < -0.3 is 9.47 Å². The van der Waals surface area contributed by atoms with E-state index in [1.165, 1.54) is 24.3 Å². The molecular formula is C25H21NO5. The van der Waals surface area contributed by atoms with Crippen molar-refractivity contribution in [3.63, 3.8) is 0 Å². The summed E-state index contributed by atoms with van der Waals surface area (Å²) in [5.74, 6) is 0.590. The van der Waals surface area contributed by atoms with Gasteiger partial charge in [0, 0.05) is 12.1 Å². The number of nitrogens with zero attached hydrogens (tertiary/aromatic N) is 1. The van der Waals surface area contributed by atoms with Crippen LogP contribution in [0.3, 0.4) is 0 Å². The number of hydrogen-bond donors (Lipinski definition) is 0. The van der Waals surface area contributed by atoms with Crippen LogP contribution in [0.5, 0.6) is 11.5 Å². The van der Waals surface area contributed by atoms with E-state index in [0.29, 0.717) is 0 Å². The maximum Gasteiger partial charge on any atom is 0.315 e. The summed E-state index contributed by atoms with van der Waals surface area (Å²) in [5.41, 5.74) is 3.01. The molecule has 0 aromatic heterocycles. The van der Waals surface area contributed by atoms with Gasteiger partial charge in [0.2, 0.25) is 0 Å². The molecule has 3 rings (SSSR count). The van der Waals surface area contributed by atoms with Crippen molar-refractivity contribution in [2.24, 2.45) is 0 Å². The van der Waals surface area contributed by atoms with Crippen molar-refractivity contribution in [2.45, 2.75) is 6.42 Å². The van der Waals surface area contributed by atoms with E-state index in [9.17, 15) is 14.9 Å².